The Hall–Kier alpha value is -1.92. The van der Waals surface area contributed by atoms with E-state index in [2.05, 4.69) is 4.74 Å². The van der Waals surface area contributed by atoms with Gasteiger partial charge in [-0.2, -0.15) is 0 Å². The third kappa shape index (κ3) is 4.35. The number of primary amides is 1. The molecule has 0 radical (unpaired) electrons. The van der Waals surface area contributed by atoms with Crippen molar-refractivity contribution in [2.75, 3.05) is 6.61 Å². The van der Waals surface area contributed by atoms with Gasteiger partial charge in [0.2, 0.25) is 5.91 Å². The molecule has 6 nitrogen and oxygen atoms in total. The lowest BCUT2D eigenvalue weighted by atomic mass is 10.0. The number of ether oxygens (including phenoxy) is 1. The number of hydrogen-bond acceptors (Lipinski definition) is 5. The first kappa shape index (κ1) is 15.1. The average molecular weight is 267 g/mol. The molecule has 0 spiro atoms. The van der Waals surface area contributed by atoms with Crippen LogP contribution in [-0.2, 0) is 9.53 Å². The molecule has 2 atom stereocenters. The summed E-state index contributed by atoms with van der Waals surface area (Å²) in [7, 11) is 0. The van der Waals surface area contributed by atoms with E-state index in [9.17, 15) is 19.8 Å². The van der Waals surface area contributed by atoms with Crippen molar-refractivity contribution < 1.29 is 24.5 Å². The molecule has 0 saturated carbocycles. The standard InChI is InChI=1S/C13H17NO5/c1-2-19-11(16)7-10(15)12(17)8-3-5-9(6-4-8)13(14)18/h3-6,10,12,15,17H,2,7H2,1H3,(H2,14,18). The summed E-state index contributed by atoms with van der Waals surface area (Å²) in [6.07, 6.45) is -2.79. The van der Waals surface area contributed by atoms with E-state index < -0.39 is 24.1 Å². The molecule has 1 aromatic rings. The molecule has 104 valence electrons. The minimum Gasteiger partial charge on any atom is -0.466 e. The minimum absolute atomic E-state index is 0.217. The quantitative estimate of drug-likeness (QED) is 0.635. The molecule has 19 heavy (non-hydrogen) atoms. The molecule has 1 rings (SSSR count). The zero-order valence-electron chi connectivity index (χ0n) is 10.6. The van der Waals surface area contributed by atoms with Crippen LogP contribution in [0, 0.1) is 0 Å². The Balaban J connectivity index is 2.68. The van der Waals surface area contributed by atoms with Crippen molar-refractivity contribution in [1.29, 1.82) is 0 Å². The number of carbonyl (C=O) groups is 2. The Kier molecular flexibility index (Phi) is 5.47. The number of nitrogens with two attached hydrogens (primary N) is 1. The largest absolute Gasteiger partial charge is 0.466 e. The van der Waals surface area contributed by atoms with E-state index in [-0.39, 0.29) is 13.0 Å². The van der Waals surface area contributed by atoms with E-state index in [1.807, 2.05) is 0 Å². The molecule has 2 unspecified atom stereocenters. The van der Waals surface area contributed by atoms with Crippen LogP contribution in [0.1, 0.15) is 35.4 Å². The highest BCUT2D eigenvalue weighted by Crippen LogP contribution is 2.19. The Labute approximate surface area is 110 Å². The Morgan fingerprint density at radius 2 is 1.84 bits per heavy atom. The molecular formula is C13H17NO5. The number of hydrogen-bond donors (Lipinski definition) is 3. The summed E-state index contributed by atoms with van der Waals surface area (Å²) in [6.45, 7) is 1.87. The van der Waals surface area contributed by atoms with Crippen LogP contribution in [-0.4, -0.2) is 34.8 Å². The highest BCUT2D eigenvalue weighted by molar-refractivity contribution is 5.92. The number of rotatable bonds is 6. The summed E-state index contributed by atoms with van der Waals surface area (Å²) in [4.78, 5) is 22.1. The molecule has 4 N–H and O–H groups in total. The lowest BCUT2D eigenvalue weighted by molar-refractivity contribution is -0.147. The van der Waals surface area contributed by atoms with E-state index in [4.69, 9.17) is 5.73 Å². The molecule has 0 fully saturated rings. The molecule has 0 saturated heterocycles. The van der Waals surface area contributed by atoms with Crippen LogP contribution in [0.4, 0.5) is 0 Å². The molecule has 1 aromatic carbocycles. The van der Waals surface area contributed by atoms with Gasteiger partial charge in [-0.25, -0.2) is 0 Å². The van der Waals surface area contributed by atoms with Crippen molar-refractivity contribution in [2.24, 2.45) is 5.73 Å². The topological polar surface area (TPSA) is 110 Å². The molecule has 0 aliphatic rings. The van der Waals surface area contributed by atoms with Gasteiger partial charge in [0.1, 0.15) is 6.10 Å². The van der Waals surface area contributed by atoms with Crippen LogP contribution in [0.2, 0.25) is 0 Å². The third-order valence-corrected chi connectivity index (χ3v) is 2.58. The monoisotopic (exact) mass is 267 g/mol. The Morgan fingerprint density at radius 1 is 1.26 bits per heavy atom. The van der Waals surface area contributed by atoms with Crippen molar-refractivity contribution in [3.05, 3.63) is 35.4 Å². The summed E-state index contributed by atoms with van der Waals surface area (Å²) in [5, 5.41) is 19.6. The Bertz CT molecular complexity index is 443. The maximum absolute atomic E-state index is 11.2. The highest BCUT2D eigenvalue weighted by atomic mass is 16.5. The summed E-state index contributed by atoms with van der Waals surface area (Å²) < 4.78 is 4.68. The van der Waals surface area contributed by atoms with Gasteiger partial charge in [0, 0.05) is 5.56 Å². The molecule has 0 aromatic heterocycles. The van der Waals surface area contributed by atoms with Gasteiger partial charge in [0.25, 0.3) is 0 Å². The normalized spacial score (nSPS) is 13.6. The van der Waals surface area contributed by atoms with Gasteiger partial charge in [-0.1, -0.05) is 12.1 Å². The minimum atomic E-state index is -1.27. The van der Waals surface area contributed by atoms with Crippen LogP contribution in [0.25, 0.3) is 0 Å². The van der Waals surface area contributed by atoms with Gasteiger partial charge in [0.15, 0.2) is 0 Å². The first-order valence-electron chi connectivity index (χ1n) is 5.87. The van der Waals surface area contributed by atoms with E-state index in [0.717, 1.165) is 0 Å². The number of carbonyl (C=O) groups excluding carboxylic acids is 2. The lowest BCUT2D eigenvalue weighted by Gasteiger charge is -2.17. The number of amides is 1. The number of benzene rings is 1. The van der Waals surface area contributed by atoms with Gasteiger partial charge >= 0.3 is 5.97 Å². The maximum Gasteiger partial charge on any atom is 0.308 e. The smallest absolute Gasteiger partial charge is 0.308 e. The SMILES string of the molecule is CCOC(=O)CC(O)C(O)c1ccc(C(N)=O)cc1. The number of aliphatic hydroxyl groups excluding tert-OH is 2. The van der Waals surface area contributed by atoms with Crippen molar-refractivity contribution in [2.45, 2.75) is 25.6 Å². The fourth-order valence-corrected chi connectivity index (χ4v) is 1.57. The average Bonchev–Trinajstić information content (AvgIpc) is 2.38. The zero-order chi connectivity index (χ0) is 14.4. The summed E-state index contributed by atoms with van der Waals surface area (Å²) >= 11 is 0. The molecule has 0 aliphatic heterocycles. The highest BCUT2D eigenvalue weighted by Gasteiger charge is 2.22. The third-order valence-electron chi connectivity index (χ3n) is 2.58. The van der Waals surface area contributed by atoms with Gasteiger partial charge < -0.3 is 20.7 Å². The fourth-order valence-electron chi connectivity index (χ4n) is 1.57. The van der Waals surface area contributed by atoms with E-state index in [1.165, 1.54) is 24.3 Å². The Morgan fingerprint density at radius 3 is 2.32 bits per heavy atom. The zero-order valence-corrected chi connectivity index (χ0v) is 10.6. The first-order chi connectivity index (χ1) is 8.95. The van der Waals surface area contributed by atoms with Gasteiger partial charge in [0.05, 0.1) is 19.1 Å². The van der Waals surface area contributed by atoms with Gasteiger partial charge in [-0.3, -0.25) is 9.59 Å². The second-order valence-corrected chi connectivity index (χ2v) is 4.01. The van der Waals surface area contributed by atoms with Crippen molar-refractivity contribution in [1.82, 2.24) is 0 Å². The molecule has 1 amide bonds. The van der Waals surface area contributed by atoms with Crippen LogP contribution in [0.3, 0.4) is 0 Å². The fraction of sp³-hybridized carbons (Fsp3) is 0.385. The predicted molar refractivity (Wildman–Crippen MR) is 67.2 cm³/mol. The number of aliphatic hydroxyl groups is 2. The van der Waals surface area contributed by atoms with Crippen molar-refractivity contribution >= 4 is 11.9 Å². The van der Waals surface area contributed by atoms with Crippen molar-refractivity contribution in [3.8, 4) is 0 Å². The van der Waals surface area contributed by atoms with Crippen LogP contribution in [0.15, 0.2) is 24.3 Å². The second-order valence-electron chi connectivity index (χ2n) is 4.01. The summed E-state index contributed by atoms with van der Waals surface area (Å²) in [5.41, 5.74) is 5.78. The number of esters is 1. The van der Waals surface area contributed by atoms with Crippen molar-refractivity contribution in [3.63, 3.8) is 0 Å². The van der Waals surface area contributed by atoms with Crippen LogP contribution in [0.5, 0.6) is 0 Å². The maximum atomic E-state index is 11.2. The molecule has 0 heterocycles. The van der Waals surface area contributed by atoms with E-state index in [1.54, 1.807) is 6.92 Å². The predicted octanol–water partition coefficient (Wildman–Crippen LogP) is 0.133. The lowest BCUT2D eigenvalue weighted by Crippen LogP contribution is -2.23. The van der Waals surface area contributed by atoms with E-state index in [0.29, 0.717) is 11.1 Å². The molecular weight excluding hydrogens is 250 g/mol. The summed E-state index contributed by atoms with van der Waals surface area (Å²) in [6, 6.07) is 5.83. The van der Waals surface area contributed by atoms with Crippen LogP contribution < -0.4 is 5.73 Å². The molecule has 0 aliphatic carbocycles. The molecule has 6 heteroatoms. The van der Waals surface area contributed by atoms with Gasteiger partial charge in [-0.05, 0) is 24.6 Å². The van der Waals surface area contributed by atoms with Crippen LogP contribution >= 0.6 is 0 Å². The molecule has 0 bridgehead atoms. The van der Waals surface area contributed by atoms with Gasteiger partial charge in [-0.15, -0.1) is 0 Å². The second kappa shape index (κ2) is 6.86. The first-order valence-corrected chi connectivity index (χ1v) is 5.87. The summed E-state index contributed by atoms with van der Waals surface area (Å²) in [5.74, 6) is -1.16. The van der Waals surface area contributed by atoms with E-state index >= 15 is 0 Å².